The van der Waals surface area contributed by atoms with E-state index >= 15 is 0 Å². The Morgan fingerprint density at radius 2 is 2.20 bits per heavy atom. The average molecular weight is 212 g/mol. The van der Waals surface area contributed by atoms with Crippen LogP contribution in [0.25, 0.3) is 0 Å². The summed E-state index contributed by atoms with van der Waals surface area (Å²) in [5.41, 5.74) is 0.669. The van der Waals surface area contributed by atoms with Gasteiger partial charge >= 0.3 is 0 Å². The zero-order chi connectivity index (χ0) is 11.5. The monoisotopic (exact) mass is 212 g/mol. The normalized spacial score (nSPS) is 11.7. The Morgan fingerprint density at radius 1 is 1.53 bits per heavy atom. The van der Waals surface area contributed by atoms with Crippen molar-refractivity contribution in [3.8, 4) is 0 Å². The van der Waals surface area contributed by atoms with Crippen molar-refractivity contribution in [1.29, 1.82) is 0 Å². The zero-order valence-electron chi connectivity index (χ0n) is 9.32. The maximum atomic E-state index is 10.2. The molecule has 1 aromatic heterocycles. The van der Waals surface area contributed by atoms with E-state index in [9.17, 15) is 9.90 Å². The molecule has 0 unspecified atom stereocenters. The van der Waals surface area contributed by atoms with E-state index in [0.717, 1.165) is 16.8 Å². The van der Waals surface area contributed by atoms with Crippen LogP contribution in [0.5, 0.6) is 0 Å². The van der Waals surface area contributed by atoms with Gasteiger partial charge in [-0.05, 0) is 12.8 Å². The molecule has 0 aliphatic rings. The van der Waals surface area contributed by atoms with Gasteiger partial charge in [0.2, 0.25) is 0 Å². The number of carboxylic acids is 1. The third-order valence-electron chi connectivity index (χ3n) is 1.82. The molecule has 0 atom stereocenters. The molecule has 0 aliphatic carbocycles. The Hall–Kier alpha value is -1.36. The Labute approximate surface area is 88.9 Å². The number of carboxylic acid groups (broad SMARTS) is 1. The van der Waals surface area contributed by atoms with Crippen LogP contribution in [0.4, 0.5) is 0 Å². The zero-order valence-corrected chi connectivity index (χ0v) is 9.32. The van der Waals surface area contributed by atoms with E-state index in [4.69, 9.17) is 4.52 Å². The van der Waals surface area contributed by atoms with Gasteiger partial charge in [-0.2, -0.15) is 0 Å². The molecule has 5 nitrogen and oxygen atoms in total. The quantitative estimate of drug-likeness (QED) is 0.621. The predicted octanol–water partition coefficient (Wildman–Crippen LogP) is -0.437. The van der Waals surface area contributed by atoms with Gasteiger partial charge in [0.1, 0.15) is 6.54 Å². The number of rotatable bonds is 5. The van der Waals surface area contributed by atoms with Crippen molar-refractivity contribution < 1.29 is 18.9 Å². The van der Waals surface area contributed by atoms with Crippen molar-refractivity contribution in [3.05, 3.63) is 17.5 Å². The molecule has 0 N–H and O–H groups in total. The van der Waals surface area contributed by atoms with Gasteiger partial charge in [-0.25, -0.2) is 0 Å². The van der Waals surface area contributed by atoms with Crippen LogP contribution < -0.4 is 5.11 Å². The highest BCUT2D eigenvalue weighted by Crippen LogP contribution is 2.10. The number of quaternary nitrogens is 1. The fourth-order valence-electron chi connectivity index (χ4n) is 1.25. The van der Waals surface area contributed by atoms with Gasteiger partial charge in [0.05, 0.1) is 26.8 Å². The van der Waals surface area contributed by atoms with Crippen molar-refractivity contribution >= 4 is 5.97 Å². The van der Waals surface area contributed by atoms with Crippen molar-refractivity contribution in [2.75, 3.05) is 21.1 Å². The van der Waals surface area contributed by atoms with Gasteiger partial charge in [0.15, 0.2) is 5.76 Å². The lowest BCUT2D eigenvalue weighted by atomic mass is 10.2. The number of hydrogen-bond donors (Lipinski definition) is 0. The van der Waals surface area contributed by atoms with Crippen molar-refractivity contribution in [3.63, 3.8) is 0 Å². The standard InChI is InChI=1S/C10H16N2O3/c1-12(2,3)7-9-6-8(11-15-9)4-5-10(13)14/h6H,4-5,7H2,1-3H3. The second-order valence-electron chi connectivity index (χ2n) is 4.61. The van der Waals surface area contributed by atoms with Crippen LogP contribution >= 0.6 is 0 Å². The Bertz CT molecular complexity index is 339. The van der Waals surface area contributed by atoms with Crippen molar-refractivity contribution in [2.45, 2.75) is 19.4 Å². The largest absolute Gasteiger partial charge is 0.550 e. The summed E-state index contributed by atoms with van der Waals surface area (Å²) in [6, 6.07) is 1.80. The van der Waals surface area contributed by atoms with E-state index in [0.29, 0.717) is 12.1 Å². The summed E-state index contributed by atoms with van der Waals surface area (Å²) in [4.78, 5) is 10.2. The highest BCUT2D eigenvalue weighted by atomic mass is 16.5. The lowest BCUT2D eigenvalue weighted by molar-refractivity contribution is -0.885. The van der Waals surface area contributed by atoms with E-state index in [-0.39, 0.29) is 6.42 Å². The number of hydrogen-bond acceptors (Lipinski definition) is 4. The average Bonchev–Trinajstić information content (AvgIpc) is 2.45. The molecule has 0 amide bonds. The fourth-order valence-corrected chi connectivity index (χ4v) is 1.25. The maximum Gasteiger partial charge on any atom is 0.191 e. The van der Waals surface area contributed by atoms with Crippen LogP contribution in [0.15, 0.2) is 10.6 Å². The van der Waals surface area contributed by atoms with Gasteiger partial charge < -0.3 is 18.9 Å². The maximum absolute atomic E-state index is 10.2. The molecule has 15 heavy (non-hydrogen) atoms. The summed E-state index contributed by atoms with van der Waals surface area (Å²) >= 11 is 0. The van der Waals surface area contributed by atoms with Gasteiger partial charge in [-0.3, -0.25) is 0 Å². The molecule has 5 heteroatoms. The van der Waals surface area contributed by atoms with E-state index < -0.39 is 5.97 Å². The minimum atomic E-state index is -1.06. The molecule has 0 saturated carbocycles. The molecular weight excluding hydrogens is 196 g/mol. The van der Waals surface area contributed by atoms with Crippen LogP contribution in [0, 0.1) is 0 Å². The summed E-state index contributed by atoms with van der Waals surface area (Å²) in [5.74, 6) is -0.290. The van der Waals surface area contributed by atoms with E-state index in [1.54, 1.807) is 6.07 Å². The first-order valence-corrected chi connectivity index (χ1v) is 4.81. The molecule has 0 spiro atoms. The van der Waals surface area contributed by atoms with Crippen molar-refractivity contribution in [2.24, 2.45) is 0 Å². The van der Waals surface area contributed by atoms with Gasteiger partial charge in [0, 0.05) is 12.0 Å². The van der Waals surface area contributed by atoms with Crippen LogP contribution in [0.3, 0.4) is 0 Å². The molecular formula is C10H16N2O3. The second kappa shape index (κ2) is 4.44. The first kappa shape index (κ1) is 11.7. The number of carbonyl (C=O) groups is 1. The molecule has 0 bridgehead atoms. The summed E-state index contributed by atoms with van der Waals surface area (Å²) < 4.78 is 5.84. The second-order valence-corrected chi connectivity index (χ2v) is 4.61. The number of aromatic nitrogens is 1. The predicted molar refractivity (Wildman–Crippen MR) is 51.6 cm³/mol. The number of aryl methyl sites for hydroxylation is 1. The topological polar surface area (TPSA) is 66.2 Å². The smallest absolute Gasteiger partial charge is 0.191 e. The minimum absolute atomic E-state index is 0.0175. The third kappa shape index (κ3) is 4.60. The first-order chi connectivity index (χ1) is 6.87. The number of carbonyl (C=O) groups excluding carboxylic acids is 1. The molecule has 0 aromatic carbocycles. The van der Waals surface area contributed by atoms with Crippen LogP contribution in [0.1, 0.15) is 17.9 Å². The number of nitrogens with zero attached hydrogens (tertiary/aromatic N) is 2. The molecule has 1 heterocycles. The lowest BCUT2D eigenvalue weighted by Gasteiger charge is -2.21. The Balaban J connectivity index is 2.53. The van der Waals surface area contributed by atoms with Gasteiger partial charge in [0.25, 0.3) is 0 Å². The SMILES string of the molecule is C[N+](C)(C)Cc1cc(CCC(=O)[O-])no1. The van der Waals surface area contributed by atoms with E-state index in [2.05, 4.69) is 5.16 Å². The molecule has 0 saturated heterocycles. The molecule has 1 rings (SSSR count). The molecule has 84 valence electrons. The summed E-state index contributed by atoms with van der Waals surface area (Å²) in [6.45, 7) is 0.734. The Morgan fingerprint density at radius 3 is 2.73 bits per heavy atom. The molecule has 0 fully saturated rings. The molecule has 0 aliphatic heterocycles. The van der Waals surface area contributed by atoms with Crippen molar-refractivity contribution in [1.82, 2.24) is 5.16 Å². The Kier molecular flexibility index (Phi) is 3.47. The molecule has 1 aromatic rings. The summed E-state index contributed by atoms with van der Waals surface area (Å²) in [7, 11) is 6.14. The third-order valence-corrected chi connectivity index (χ3v) is 1.82. The summed E-state index contributed by atoms with van der Waals surface area (Å²) in [6.07, 6.45) is 0.347. The first-order valence-electron chi connectivity index (χ1n) is 4.81. The highest BCUT2D eigenvalue weighted by molar-refractivity contribution is 5.64. The minimum Gasteiger partial charge on any atom is -0.550 e. The highest BCUT2D eigenvalue weighted by Gasteiger charge is 2.13. The van der Waals surface area contributed by atoms with E-state index in [1.165, 1.54) is 0 Å². The molecule has 0 radical (unpaired) electrons. The van der Waals surface area contributed by atoms with Crippen LogP contribution in [-0.2, 0) is 17.8 Å². The van der Waals surface area contributed by atoms with Crippen LogP contribution in [-0.4, -0.2) is 36.8 Å². The van der Waals surface area contributed by atoms with Gasteiger partial charge in [-0.1, -0.05) is 5.16 Å². The van der Waals surface area contributed by atoms with Crippen LogP contribution in [0.2, 0.25) is 0 Å². The lowest BCUT2D eigenvalue weighted by Crippen LogP contribution is -2.33. The fraction of sp³-hybridized carbons (Fsp3) is 0.600. The summed E-state index contributed by atoms with van der Waals surface area (Å²) in [5, 5.41) is 14.0. The number of aliphatic carboxylic acids is 1. The van der Waals surface area contributed by atoms with E-state index in [1.807, 2.05) is 21.1 Å². The van der Waals surface area contributed by atoms with Gasteiger partial charge in [-0.15, -0.1) is 0 Å².